The van der Waals surface area contributed by atoms with Crippen LogP contribution in [0.1, 0.15) is 76.2 Å². The summed E-state index contributed by atoms with van der Waals surface area (Å²) >= 11 is 0. The monoisotopic (exact) mass is 453 g/mol. The molecule has 0 aromatic heterocycles. The van der Waals surface area contributed by atoms with Crippen LogP contribution in [-0.2, 0) is 9.59 Å². The Labute approximate surface area is 197 Å². The molecule has 5 rings (SSSR count). The first-order valence-electron chi connectivity index (χ1n) is 13.1. The van der Waals surface area contributed by atoms with Crippen LogP contribution in [0.15, 0.2) is 18.2 Å². The summed E-state index contributed by atoms with van der Waals surface area (Å²) in [7, 11) is 0. The predicted octanol–water partition coefficient (Wildman–Crippen LogP) is 4.25. The highest BCUT2D eigenvalue weighted by Crippen LogP contribution is 2.44. The zero-order chi connectivity index (χ0) is 23.0. The summed E-state index contributed by atoms with van der Waals surface area (Å²) in [6.45, 7) is 4.72. The van der Waals surface area contributed by atoms with E-state index >= 15 is 0 Å². The smallest absolute Gasteiger partial charge is 0.230 e. The second-order valence-electron chi connectivity index (χ2n) is 11.0. The van der Waals surface area contributed by atoms with Crippen LogP contribution < -0.4 is 10.2 Å². The summed E-state index contributed by atoms with van der Waals surface area (Å²) in [6.07, 6.45) is 10.6. The number of nitrogens with zero attached hydrogens (tertiary/aromatic N) is 2. The van der Waals surface area contributed by atoms with Gasteiger partial charge in [-0.25, -0.2) is 0 Å². The lowest BCUT2D eigenvalue weighted by Gasteiger charge is -2.42. The van der Waals surface area contributed by atoms with Crippen LogP contribution in [-0.4, -0.2) is 53.6 Å². The Hall–Kier alpha value is -2.08. The number of carbonyl (C=O) groups is 2. The number of anilines is 2. The SMILES string of the molecule is Cc1cc(NC(=O)C2CCCC2)ccc1N1CCC[C@]2(CCN(C3CCC(O)CC3)C2=O)C1. The lowest BCUT2D eigenvalue weighted by atomic mass is 9.78. The lowest BCUT2D eigenvalue weighted by molar-refractivity contribution is -0.139. The van der Waals surface area contributed by atoms with Crippen molar-refractivity contribution < 1.29 is 14.7 Å². The van der Waals surface area contributed by atoms with Crippen molar-refractivity contribution in [3.63, 3.8) is 0 Å². The summed E-state index contributed by atoms with van der Waals surface area (Å²) in [5, 5.41) is 13.0. The van der Waals surface area contributed by atoms with Gasteiger partial charge in [0, 0.05) is 43.0 Å². The molecular weight excluding hydrogens is 414 g/mol. The van der Waals surface area contributed by atoms with Crippen LogP contribution in [0.3, 0.4) is 0 Å². The molecule has 2 aliphatic heterocycles. The Balaban J connectivity index is 1.26. The number of piperidine rings is 1. The van der Waals surface area contributed by atoms with E-state index in [0.717, 1.165) is 102 Å². The summed E-state index contributed by atoms with van der Waals surface area (Å²) < 4.78 is 0. The van der Waals surface area contributed by atoms with Crippen LogP contribution in [0.25, 0.3) is 0 Å². The molecule has 1 aromatic carbocycles. The number of carbonyl (C=O) groups excluding carboxylic acids is 2. The van der Waals surface area contributed by atoms with E-state index < -0.39 is 0 Å². The van der Waals surface area contributed by atoms with Crippen molar-refractivity contribution in [3.05, 3.63) is 23.8 Å². The minimum atomic E-state index is -0.268. The van der Waals surface area contributed by atoms with Gasteiger partial charge in [-0.05, 0) is 88.5 Å². The molecule has 0 radical (unpaired) electrons. The van der Waals surface area contributed by atoms with Gasteiger partial charge in [0.05, 0.1) is 11.5 Å². The van der Waals surface area contributed by atoms with Gasteiger partial charge in [0.1, 0.15) is 0 Å². The Morgan fingerprint density at radius 2 is 1.79 bits per heavy atom. The zero-order valence-corrected chi connectivity index (χ0v) is 20.0. The molecule has 6 heteroatoms. The van der Waals surface area contributed by atoms with Crippen molar-refractivity contribution in [3.8, 4) is 0 Å². The van der Waals surface area contributed by atoms with Crippen molar-refractivity contribution >= 4 is 23.2 Å². The Kier molecular flexibility index (Phi) is 6.39. The number of aliphatic hydroxyl groups excluding tert-OH is 1. The van der Waals surface area contributed by atoms with Gasteiger partial charge in [-0.2, -0.15) is 0 Å². The summed E-state index contributed by atoms with van der Waals surface area (Å²) in [5.74, 6) is 0.658. The molecule has 0 unspecified atom stereocenters. The zero-order valence-electron chi connectivity index (χ0n) is 20.0. The molecule has 2 N–H and O–H groups in total. The van der Waals surface area contributed by atoms with Crippen LogP contribution in [0.4, 0.5) is 11.4 Å². The van der Waals surface area contributed by atoms with E-state index in [-0.39, 0.29) is 23.3 Å². The fourth-order valence-electron chi connectivity index (χ4n) is 6.80. The number of benzene rings is 1. The number of aliphatic hydroxyl groups is 1. The highest BCUT2D eigenvalue weighted by Gasteiger charge is 2.50. The molecule has 4 aliphatic rings. The fraction of sp³-hybridized carbons (Fsp3) is 0.704. The van der Waals surface area contributed by atoms with Gasteiger partial charge in [-0.3, -0.25) is 9.59 Å². The highest BCUT2D eigenvalue weighted by atomic mass is 16.3. The van der Waals surface area contributed by atoms with E-state index in [0.29, 0.717) is 11.9 Å². The lowest BCUT2D eigenvalue weighted by Crippen LogP contribution is -2.50. The number of rotatable bonds is 4. The van der Waals surface area contributed by atoms with Crippen LogP contribution in [0.2, 0.25) is 0 Å². The maximum absolute atomic E-state index is 13.6. The van der Waals surface area contributed by atoms with Crippen molar-refractivity contribution in [2.45, 2.75) is 89.7 Å². The quantitative estimate of drug-likeness (QED) is 0.715. The Bertz CT molecular complexity index is 889. The van der Waals surface area contributed by atoms with E-state index in [1.54, 1.807) is 0 Å². The number of hydrogen-bond acceptors (Lipinski definition) is 4. The molecule has 4 fully saturated rings. The van der Waals surface area contributed by atoms with Gasteiger partial charge in [0.15, 0.2) is 0 Å². The number of nitrogens with one attached hydrogen (secondary N) is 1. The van der Waals surface area contributed by atoms with Crippen LogP contribution >= 0.6 is 0 Å². The molecule has 180 valence electrons. The molecule has 2 amide bonds. The average Bonchev–Trinajstić information content (AvgIpc) is 3.45. The molecule has 1 spiro atoms. The van der Waals surface area contributed by atoms with E-state index in [4.69, 9.17) is 0 Å². The van der Waals surface area contributed by atoms with Gasteiger partial charge < -0.3 is 20.2 Å². The molecule has 2 saturated heterocycles. The Morgan fingerprint density at radius 3 is 2.52 bits per heavy atom. The first-order chi connectivity index (χ1) is 15.9. The third-order valence-corrected chi connectivity index (χ3v) is 8.76. The molecular formula is C27H39N3O3. The van der Waals surface area contributed by atoms with Crippen LogP contribution in [0.5, 0.6) is 0 Å². The normalized spacial score (nSPS) is 30.9. The van der Waals surface area contributed by atoms with Gasteiger partial charge in [-0.15, -0.1) is 0 Å². The molecule has 2 saturated carbocycles. The van der Waals surface area contributed by atoms with Crippen molar-refractivity contribution in [2.24, 2.45) is 11.3 Å². The molecule has 0 bridgehead atoms. The number of likely N-dealkylation sites (tertiary alicyclic amines) is 1. The predicted molar refractivity (Wildman–Crippen MR) is 130 cm³/mol. The van der Waals surface area contributed by atoms with Crippen molar-refractivity contribution in [1.82, 2.24) is 4.90 Å². The third kappa shape index (κ3) is 4.51. The second-order valence-corrected chi connectivity index (χ2v) is 11.0. The maximum atomic E-state index is 13.6. The van der Waals surface area contributed by atoms with Gasteiger partial charge in [-0.1, -0.05) is 12.8 Å². The first kappa shape index (κ1) is 22.7. The van der Waals surface area contributed by atoms with Gasteiger partial charge in [0.2, 0.25) is 11.8 Å². The van der Waals surface area contributed by atoms with E-state index in [1.165, 1.54) is 5.69 Å². The fourth-order valence-corrected chi connectivity index (χ4v) is 6.80. The summed E-state index contributed by atoms with van der Waals surface area (Å²) in [6, 6.07) is 6.53. The highest BCUT2D eigenvalue weighted by molar-refractivity contribution is 5.93. The average molecular weight is 454 g/mol. The topological polar surface area (TPSA) is 72.9 Å². The first-order valence-corrected chi connectivity index (χ1v) is 13.1. The second kappa shape index (κ2) is 9.28. The maximum Gasteiger partial charge on any atom is 0.230 e. The molecule has 1 aromatic rings. The number of aryl methyl sites for hydroxylation is 1. The molecule has 6 nitrogen and oxygen atoms in total. The number of hydrogen-bond donors (Lipinski definition) is 2. The molecule has 2 heterocycles. The number of amides is 2. The van der Waals surface area contributed by atoms with Gasteiger partial charge in [0.25, 0.3) is 0 Å². The van der Waals surface area contributed by atoms with E-state index in [9.17, 15) is 14.7 Å². The van der Waals surface area contributed by atoms with E-state index in [2.05, 4.69) is 34.2 Å². The third-order valence-electron chi connectivity index (χ3n) is 8.76. The summed E-state index contributed by atoms with van der Waals surface area (Å²) in [5.41, 5.74) is 2.94. The standard InChI is InChI=1S/C27H39N3O3/c1-19-17-21(28-25(32)20-5-2-3-6-20)7-12-24(19)29-15-4-13-27(18-29)14-16-30(26(27)33)22-8-10-23(31)11-9-22/h7,12,17,20,22-23,31H,2-6,8-11,13-16,18H2,1H3,(H,28,32)/t22?,23?,27-/m0/s1. The molecule has 1 atom stereocenters. The van der Waals surface area contributed by atoms with Gasteiger partial charge >= 0.3 is 0 Å². The minimum absolute atomic E-state index is 0.156. The molecule has 2 aliphatic carbocycles. The summed E-state index contributed by atoms with van der Waals surface area (Å²) in [4.78, 5) is 30.7. The van der Waals surface area contributed by atoms with E-state index in [1.807, 2.05) is 6.07 Å². The largest absolute Gasteiger partial charge is 0.393 e. The van der Waals surface area contributed by atoms with Crippen molar-refractivity contribution in [2.75, 3.05) is 29.9 Å². The Morgan fingerprint density at radius 1 is 1.03 bits per heavy atom. The van der Waals surface area contributed by atoms with Crippen molar-refractivity contribution in [1.29, 1.82) is 0 Å². The molecule has 33 heavy (non-hydrogen) atoms. The van der Waals surface area contributed by atoms with Crippen LogP contribution in [0, 0.1) is 18.3 Å². The minimum Gasteiger partial charge on any atom is -0.393 e.